The van der Waals surface area contributed by atoms with Gasteiger partial charge < -0.3 is 9.84 Å². The highest BCUT2D eigenvalue weighted by molar-refractivity contribution is 7.14. The summed E-state index contributed by atoms with van der Waals surface area (Å²) in [5.41, 5.74) is 1.35. The molecule has 1 amide bonds. The molecule has 2 aromatic heterocycles. The summed E-state index contributed by atoms with van der Waals surface area (Å²) in [5.74, 6) is 0.366. The predicted molar refractivity (Wildman–Crippen MR) is 70.0 cm³/mol. The maximum absolute atomic E-state index is 12.0. The fourth-order valence-electron chi connectivity index (χ4n) is 2.23. The van der Waals surface area contributed by atoms with Crippen LogP contribution in [0.5, 0.6) is 0 Å². The van der Waals surface area contributed by atoms with E-state index in [9.17, 15) is 4.79 Å². The van der Waals surface area contributed by atoms with Crippen molar-refractivity contribution in [3.63, 3.8) is 0 Å². The van der Waals surface area contributed by atoms with Crippen molar-refractivity contribution in [3.05, 3.63) is 33.7 Å². The van der Waals surface area contributed by atoms with Crippen LogP contribution < -0.4 is 5.32 Å². The maximum Gasteiger partial charge on any atom is 0.266 e. The van der Waals surface area contributed by atoms with Crippen LogP contribution in [0.2, 0.25) is 0 Å². The Morgan fingerprint density at radius 3 is 3.06 bits per heavy atom. The van der Waals surface area contributed by atoms with Gasteiger partial charge in [-0.3, -0.25) is 4.79 Å². The number of aryl methyl sites for hydroxylation is 2. The molecule has 0 saturated carbocycles. The molecule has 1 aliphatic carbocycles. The molecule has 18 heavy (non-hydrogen) atoms. The summed E-state index contributed by atoms with van der Waals surface area (Å²) in [6.45, 7) is 0. The minimum Gasteiger partial charge on any atom is -0.363 e. The first-order valence-electron chi connectivity index (χ1n) is 6.16. The molecule has 0 spiro atoms. The quantitative estimate of drug-likeness (QED) is 0.845. The fourth-order valence-corrected chi connectivity index (χ4v) is 3.38. The molecule has 0 saturated heterocycles. The summed E-state index contributed by atoms with van der Waals surface area (Å²) in [5, 5.41) is 6.41. The van der Waals surface area contributed by atoms with Gasteiger partial charge in [-0.1, -0.05) is 11.6 Å². The summed E-state index contributed by atoms with van der Waals surface area (Å²) >= 11 is 1.61. The van der Waals surface area contributed by atoms with Crippen molar-refractivity contribution in [2.24, 2.45) is 0 Å². The van der Waals surface area contributed by atoms with E-state index >= 15 is 0 Å². The lowest BCUT2D eigenvalue weighted by atomic mass is 10.1. The highest BCUT2D eigenvalue weighted by Gasteiger charge is 2.16. The molecule has 2 aromatic rings. The van der Waals surface area contributed by atoms with E-state index in [1.165, 1.54) is 36.0 Å². The number of carbonyl (C=O) groups is 1. The molecule has 1 aliphatic rings. The molecule has 0 bridgehead atoms. The third-order valence-electron chi connectivity index (χ3n) is 3.15. The molecule has 94 valence electrons. The first-order chi connectivity index (χ1) is 8.83. The van der Waals surface area contributed by atoms with Crippen molar-refractivity contribution >= 4 is 23.1 Å². The number of rotatable bonds is 2. The zero-order valence-electron chi connectivity index (χ0n) is 9.94. The molecule has 0 atom stereocenters. The lowest BCUT2D eigenvalue weighted by molar-refractivity contribution is 0.102. The summed E-state index contributed by atoms with van der Waals surface area (Å²) in [7, 11) is 0. The van der Waals surface area contributed by atoms with Gasteiger partial charge in [-0.2, -0.15) is 0 Å². The Labute approximate surface area is 109 Å². The van der Waals surface area contributed by atoms with Crippen LogP contribution in [0.4, 0.5) is 5.82 Å². The number of nitrogens with one attached hydrogen (secondary N) is 1. The van der Waals surface area contributed by atoms with Crippen LogP contribution in [-0.2, 0) is 12.8 Å². The lowest BCUT2D eigenvalue weighted by Crippen LogP contribution is -2.10. The van der Waals surface area contributed by atoms with Crippen LogP contribution in [0, 0.1) is 0 Å². The van der Waals surface area contributed by atoms with Crippen molar-refractivity contribution < 1.29 is 9.32 Å². The minimum atomic E-state index is -0.0954. The van der Waals surface area contributed by atoms with Crippen LogP contribution in [0.15, 0.2) is 22.9 Å². The van der Waals surface area contributed by atoms with Crippen molar-refractivity contribution in [3.8, 4) is 0 Å². The Kier molecular flexibility index (Phi) is 3.15. The van der Waals surface area contributed by atoms with Crippen LogP contribution in [0.1, 0.15) is 39.4 Å². The summed E-state index contributed by atoms with van der Waals surface area (Å²) in [4.78, 5) is 14.2. The second-order valence-electron chi connectivity index (χ2n) is 4.46. The van der Waals surface area contributed by atoms with E-state index in [0.29, 0.717) is 5.82 Å². The molecule has 0 radical (unpaired) electrons. The van der Waals surface area contributed by atoms with Crippen LogP contribution in [-0.4, -0.2) is 11.1 Å². The Morgan fingerprint density at radius 2 is 2.22 bits per heavy atom. The second-order valence-corrected chi connectivity index (χ2v) is 5.60. The van der Waals surface area contributed by atoms with Gasteiger partial charge in [0.25, 0.3) is 5.91 Å². The molecular weight excluding hydrogens is 248 g/mol. The topological polar surface area (TPSA) is 55.1 Å². The number of aromatic nitrogens is 1. The van der Waals surface area contributed by atoms with E-state index in [0.717, 1.165) is 17.7 Å². The van der Waals surface area contributed by atoms with E-state index in [2.05, 4.69) is 15.0 Å². The van der Waals surface area contributed by atoms with Crippen LogP contribution in [0.25, 0.3) is 0 Å². The van der Waals surface area contributed by atoms with Gasteiger partial charge >= 0.3 is 0 Å². The van der Waals surface area contributed by atoms with Gasteiger partial charge in [-0.05, 0) is 37.3 Å². The van der Waals surface area contributed by atoms with Gasteiger partial charge in [-0.15, -0.1) is 11.3 Å². The third kappa shape index (κ3) is 2.31. The van der Waals surface area contributed by atoms with Crippen LogP contribution >= 0.6 is 11.3 Å². The average molecular weight is 262 g/mol. The molecule has 1 N–H and O–H groups in total. The first kappa shape index (κ1) is 11.5. The molecule has 0 aromatic carbocycles. The molecule has 0 aliphatic heterocycles. The number of thiophene rings is 1. The first-order valence-corrected chi connectivity index (χ1v) is 6.98. The molecule has 3 rings (SSSR count). The van der Waals surface area contributed by atoms with E-state index in [-0.39, 0.29) is 5.91 Å². The van der Waals surface area contributed by atoms with Gasteiger partial charge in [0.15, 0.2) is 5.82 Å². The van der Waals surface area contributed by atoms with Crippen molar-refractivity contribution in [2.45, 2.75) is 32.1 Å². The van der Waals surface area contributed by atoms with Crippen molar-refractivity contribution in [1.82, 2.24) is 5.16 Å². The minimum absolute atomic E-state index is 0.0954. The third-order valence-corrected chi connectivity index (χ3v) is 4.39. The number of amides is 1. The van der Waals surface area contributed by atoms with Gasteiger partial charge in [0.1, 0.15) is 6.26 Å². The van der Waals surface area contributed by atoms with E-state index in [4.69, 9.17) is 0 Å². The molecule has 0 unspecified atom stereocenters. The predicted octanol–water partition coefficient (Wildman–Crippen LogP) is 3.26. The molecular formula is C13H14N2O2S. The van der Waals surface area contributed by atoms with Crippen molar-refractivity contribution in [1.29, 1.82) is 0 Å². The highest BCUT2D eigenvalue weighted by atomic mass is 32.1. The standard InChI is InChI=1S/C13H14N2O2S/c16-13(14-12-6-7-17-15-12)11-8-9-4-2-1-3-5-10(9)18-11/h6-8H,1-5H2,(H,14,15,16). The number of nitrogens with zero attached hydrogens (tertiary/aromatic N) is 1. The largest absolute Gasteiger partial charge is 0.363 e. The van der Waals surface area contributed by atoms with Gasteiger partial charge in [0.2, 0.25) is 0 Å². The lowest BCUT2D eigenvalue weighted by Gasteiger charge is -1.97. The monoisotopic (exact) mass is 262 g/mol. The zero-order chi connectivity index (χ0) is 12.4. The zero-order valence-corrected chi connectivity index (χ0v) is 10.8. The molecule has 0 fully saturated rings. The second kappa shape index (κ2) is 4.94. The molecule has 5 heteroatoms. The number of hydrogen-bond acceptors (Lipinski definition) is 4. The number of hydrogen-bond donors (Lipinski definition) is 1. The smallest absolute Gasteiger partial charge is 0.266 e. The van der Waals surface area contributed by atoms with Crippen LogP contribution in [0.3, 0.4) is 0 Å². The van der Waals surface area contributed by atoms with E-state index in [1.54, 1.807) is 17.4 Å². The average Bonchev–Trinajstić information content (AvgIpc) is 2.95. The van der Waals surface area contributed by atoms with Gasteiger partial charge in [0, 0.05) is 10.9 Å². The summed E-state index contributed by atoms with van der Waals surface area (Å²) in [6.07, 6.45) is 7.41. The number of carbonyl (C=O) groups excluding carboxylic acids is 1. The maximum atomic E-state index is 12.0. The van der Waals surface area contributed by atoms with E-state index in [1.807, 2.05) is 6.07 Å². The molecule has 2 heterocycles. The van der Waals surface area contributed by atoms with Crippen molar-refractivity contribution in [2.75, 3.05) is 5.32 Å². The highest BCUT2D eigenvalue weighted by Crippen LogP contribution is 2.29. The fraction of sp³-hybridized carbons (Fsp3) is 0.385. The van der Waals surface area contributed by atoms with Gasteiger partial charge in [0.05, 0.1) is 4.88 Å². The Bertz CT molecular complexity index is 522. The summed E-state index contributed by atoms with van der Waals surface area (Å²) in [6, 6.07) is 3.66. The SMILES string of the molecule is O=C(Nc1ccon1)c1cc2c(s1)CCCCC2. The van der Waals surface area contributed by atoms with Gasteiger partial charge in [-0.25, -0.2) is 0 Å². The summed E-state index contributed by atoms with van der Waals surface area (Å²) < 4.78 is 4.69. The Hall–Kier alpha value is -1.62. The Balaban J connectivity index is 1.78. The molecule has 4 nitrogen and oxygen atoms in total. The normalized spacial score (nSPS) is 14.9. The number of fused-ring (bicyclic) bond motifs is 1. The Morgan fingerprint density at radius 1 is 1.33 bits per heavy atom. The van der Waals surface area contributed by atoms with E-state index < -0.39 is 0 Å². The number of anilines is 1.